The Labute approximate surface area is 216 Å². The van der Waals surface area contributed by atoms with Crippen LogP contribution in [-0.4, -0.2) is 24.8 Å². The molecule has 196 valence electrons. The average Bonchev–Trinajstić information content (AvgIpc) is 2.89. The SMILES string of the molecule is CC1=CC=CCC(C)=C1OC(=O)NC1CC(C)(C)CC(C)(CNC(=O)Oc2c(C)cc(C)cc2C)C1. The second-order valence-electron chi connectivity index (χ2n) is 11.9. The first-order valence-corrected chi connectivity index (χ1v) is 12.8. The molecule has 2 amide bonds. The molecule has 1 aromatic carbocycles. The van der Waals surface area contributed by atoms with Crippen molar-refractivity contribution in [3.63, 3.8) is 0 Å². The fraction of sp³-hybridized carbons (Fsp3) is 0.533. The Bertz CT molecular complexity index is 1090. The van der Waals surface area contributed by atoms with Gasteiger partial charge in [0.1, 0.15) is 11.5 Å². The quantitative estimate of drug-likeness (QED) is 0.454. The second-order valence-corrected chi connectivity index (χ2v) is 11.9. The van der Waals surface area contributed by atoms with Gasteiger partial charge in [-0.25, -0.2) is 9.59 Å². The zero-order chi connectivity index (χ0) is 26.7. The lowest BCUT2D eigenvalue weighted by Crippen LogP contribution is -2.50. The molecule has 0 aromatic heterocycles. The molecule has 0 spiro atoms. The van der Waals surface area contributed by atoms with Crippen molar-refractivity contribution >= 4 is 12.2 Å². The van der Waals surface area contributed by atoms with Crippen LogP contribution in [0, 0.1) is 31.6 Å². The van der Waals surface area contributed by atoms with Gasteiger partial charge in [-0.05, 0) is 93.4 Å². The van der Waals surface area contributed by atoms with E-state index in [1.807, 2.05) is 58.9 Å². The molecule has 0 bridgehead atoms. The molecule has 2 atom stereocenters. The minimum Gasteiger partial charge on any atom is -0.410 e. The summed E-state index contributed by atoms with van der Waals surface area (Å²) in [4.78, 5) is 25.5. The van der Waals surface area contributed by atoms with Crippen molar-refractivity contribution in [1.29, 1.82) is 0 Å². The summed E-state index contributed by atoms with van der Waals surface area (Å²) in [5.74, 6) is 1.25. The second kappa shape index (κ2) is 10.9. The molecule has 2 aliphatic rings. The maximum absolute atomic E-state index is 12.9. The van der Waals surface area contributed by atoms with Crippen LogP contribution in [0.25, 0.3) is 0 Å². The highest BCUT2D eigenvalue weighted by atomic mass is 16.6. The third-order valence-corrected chi connectivity index (χ3v) is 7.07. The summed E-state index contributed by atoms with van der Waals surface area (Å²) >= 11 is 0. The van der Waals surface area contributed by atoms with Gasteiger partial charge < -0.3 is 20.1 Å². The van der Waals surface area contributed by atoms with Gasteiger partial charge in [0.05, 0.1) is 0 Å². The number of allylic oxidation sites excluding steroid dienone is 5. The van der Waals surface area contributed by atoms with E-state index in [2.05, 4.69) is 37.5 Å². The molecule has 2 unspecified atom stereocenters. The van der Waals surface area contributed by atoms with Crippen molar-refractivity contribution in [2.45, 2.75) is 87.1 Å². The molecule has 2 N–H and O–H groups in total. The Hall–Kier alpha value is -3.02. The number of carbonyl (C=O) groups is 2. The Morgan fingerprint density at radius 1 is 0.972 bits per heavy atom. The van der Waals surface area contributed by atoms with Crippen LogP contribution in [0.1, 0.15) is 77.0 Å². The number of carbonyl (C=O) groups excluding carboxylic acids is 2. The lowest BCUT2D eigenvalue weighted by molar-refractivity contribution is 0.0682. The van der Waals surface area contributed by atoms with Gasteiger partial charge in [0.15, 0.2) is 0 Å². The number of alkyl carbamates (subject to hydrolysis) is 1. The first-order valence-electron chi connectivity index (χ1n) is 12.8. The van der Waals surface area contributed by atoms with Crippen molar-refractivity contribution in [2.24, 2.45) is 10.8 Å². The zero-order valence-corrected chi connectivity index (χ0v) is 23.1. The average molecular weight is 495 g/mol. The maximum atomic E-state index is 12.9. The van der Waals surface area contributed by atoms with Crippen LogP contribution in [0.4, 0.5) is 9.59 Å². The third-order valence-electron chi connectivity index (χ3n) is 7.07. The van der Waals surface area contributed by atoms with Gasteiger partial charge in [-0.3, -0.25) is 0 Å². The Balaban J connectivity index is 1.62. The summed E-state index contributed by atoms with van der Waals surface area (Å²) in [6.07, 6.45) is 8.39. The maximum Gasteiger partial charge on any atom is 0.412 e. The van der Waals surface area contributed by atoms with E-state index in [-0.39, 0.29) is 16.9 Å². The van der Waals surface area contributed by atoms with E-state index < -0.39 is 12.2 Å². The Morgan fingerprint density at radius 3 is 2.31 bits per heavy atom. The minimum absolute atomic E-state index is 0.00208. The number of benzene rings is 1. The largest absolute Gasteiger partial charge is 0.412 e. The number of ether oxygens (including phenoxy) is 2. The highest BCUT2D eigenvalue weighted by Gasteiger charge is 2.42. The third kappa shape index (κ3) is 7.25. The predicted molar refractivity (Wildman–Crippen MR) is 144 cm³/mol. The van der Waals surface area contributed by atoms with Gasteiger partial charge >= 0.3 is 12.2 Å². The molecule has 1 aromatic rings. The van der Waals surface area contributed by atoms with E-state index in [1.54, 1.807) is 0 Å². The molecule has 0 radical (unpaired) electrons. The topological polar surface area (TPSA) is 76.7 Å². The van der Waals surface area contributed by atoms with Crippen LogP contribution in [0.3, 0.4) is 0 Å². The zero-order valence-electron chi connectivity index (χ0n) is 23.1. The summed E-state index contributed by atoms with van der Waals surface area (Å²) in [5, 5.41) is 6.08. The van der Waals surface area contributed by atoms with Crippen LogP contribution in [0.15, 0.2) is 47.3 Å². The van der Waals surface area contributed by atoms with E-state index in [0.29, 0.717) is 18.1 Å². The summed E-state index contributed by atoms with van der Waals surface area (Å²) in [6, 6.07) is 3.96. The van der Waals surface area contributed by atoms with Gasteiger partial charge in [0.2, 0.25) is 0 Å². The molecule has 2 aliphatic carbocycles. The number of hydrogen-bond acceptors (Lipinski definition) is 4. The summed E-state index contributed by atoms with van der Waals surface area (Å²) in [7, 11) is 0. The molecule has 6 nitrogen and oxygen atoms in total. The van der Waals surface area contributed by atoms with Crippen molar-refractivity contribution < 1.29 is 19.1 Å². The molecule has 6 heteroatoms. The number of nitrogens with one attached hydrogen (secondary N) is 2. The molecule has 1 saturated carbocycles. The number of amides is 2. The fourth-order valence-electron chi connectivity index (χ4n) is 6.03. The van der Waals surface area contributed by atoms with E-state index in [9.17, 15) is 9.59 Å². The molecule has 36 heavy (non-hydrogen) atoms. The highest BCUT2D eigenvalue weighted by molar-refractivity contribution is 5.72. The van der Waals surface area contributed by atoms with Gasteiger partial charge in [-0.2, -0.15) is 0 Å². The number of rotatable bonds is 5. The monoisotopic (exact) mass is 494 g/mol. The van der Waals surface area contributed by atoms with E-state index in [1.165, 1.54) is 0 Å². The molecule has 1 fully saturated rings. The van der Waals surface area contributed by atoms with Gasteiger partial charge in [-0.1, -0.05) is 56.7 Å². The molecular weight excluding hydrogens is 452 g/mol. The lowest BCUT2D eigenvalue weighted by Gasteiger charge is -2.46. The van der Waals surface area contributed by atoms with Gasteiger partial charge in [0.25, 0.3) is 0 Å². The molecule has 0 heterocycles. The first-order chi connectivity index (χ1) is 16.8. The van der Waals surface area contributed by atoms with Crippen molar-refractivity contribution in [3.8, 4) is 5.75 Å². The van der Waals surface area contributed by atoms with Crippen LogP contribution < -0.4 is 15.4 Å². The number of hydrogen-bond donors (Lipinski definition) is 2. The minimum atomic E-state index is -0.453. The van der Waals surface area contributed by atoms with Crippen LogP contribution in [-0.2, 0) is 4.74 Å². The highest BCUT2D eigenvalue weighted by Crippen LogP contribution is 2.46. The van der Waals surface area contributed by atoms with Crippen LogP contribution >= 0.6 is 0 Å². The summed E-state index contributed by atoms with van der Waals surface area (Å²) in [6.45, 7) is 16.9. The smallest absolute Gasteiger partial charge is 0.410 e. The summed E-state index contributed by atoms with van der Waals surface area (Å²) < 4.78 is 11.4. The molecule has 0 aliphatic heterocycles. The van der Waals surface area contributed by atoms with Gasteiger partial charge in [-0.15, -0.1) is 0 Å². The normalized spacial score (nSPS) is 23.4. The Morgan fingerprint density at radius 2 is 1.64 bits per heavy atom. The van der Waals surface area contributed by atoms with Crippen molar-refractivity contribution in [3.05, 3.63) is 64.0 Å². The lowest BCUT2D eigenvalue weighted by atomic mass is 9.62. The number of aryl methyl sites for hydroxylation is 3. The molecule has 0 saturated heterocycles. The standard InChI is InChI=1S/C30H42N2O4/c1-19-13-22(4)26(23(5)14-19)35-27(33)31-18-30(8)16-24(15-29(6,7)17-30)32-28(34)36-25-20(2)11-9-10-12-21(25)3/h9-11,13-14,24H,12,15-18H2,1-8H3,(H,31,33)(H,32,34). The van der Waals surface area contributed by atoms with Gasteiger partial charge in [0, 0.05) is 12.6 Å². The summed E-state index contributed by atoms with van der Waals surface area (Å²) in [5.41, 5.74) is 4.78. The van der Waals surface area contributed by atoms with E-state index >= 15 is 0 Å². The molecular formula is C30H42N2O4. The van der Waals surface area contributed by atoms with Crippen molar-refractivity contribution in [2.75, 3.05) is 6.54 Å². The predicted octanol–water partition coefficient (Wildman–Crippen LogP) is 7.19. The van der Waals surface area contributed by atoms with E-state index in [4.69, 9.17) is 9.47 Å². The van der Waals surface area contributed by atoms with Crippen LogP contribution in [0.2, 0.25) is 0 Å². The van der Waals surface area contributed by atoms with Crippen LogP contribution in [0.5, 0.6) is 5.75 Å². The first kappa shape index (κ1) is 27.6. The fourth-order valence-corrected chi connectivity index (χ4v) is 6.03. The molecule has 3 rings (SSSR count). The van der Waals surface area contributed by atoms with Crippen molar-refractivity contribution in [1.82, 2.24) is 10.6 Å². The Kier molecular flexibility index (Phi) is 8.37. The van der Waals surface area contributed by atoms with E-state index in [0.717, 1.165) is 53.5 Å².